The number of ether oxygens (including phenoxy) is 7. The molecule has 0 radical (unpaired) electrons. The van der Waals surface area contributed by atoms with E-state index in [0.29, 0.717) is 53.8 Å². The van der Waals surface area contributed by atoms with Gasteiger partial charge in [-0.2, -0.15) is 0 Å². The molecule has 5 rings (SSSR count). The van der Waals surface area contributed by atoms with Crippen LogP contribution in [0.1, 0.15) is 23.3 Å². The molecule has 0 aliphatic carbocycles. The number of thiophene rings is 1. The highest BCUT2D eigenvalue weighted by atomic mass is 32.1. The first-order valence-corrected chi connectivity index (χ1v) is 16.6. The van der Waals surface area contributed by atoms with Gasteiger partial charge in [0.05, 0.1) is 48.8 Å². The minimum absolute atomic E-state index is 0.00411. The van der Waals surface area contributed by atoms with Crippen molar-refractivity contribution in [1.82, 2.24) is 0 Å². The Morgan fingerprint density at radius 1 is 0.720 bits per heavy atom. The topological polar surface area (TPSA) is 112 Å². The van der Waals surface area contributed by atoms with E-state index in [2.05, 4.69) is 0 Å². The van der Waals surface area contributed by atoms with Crippen molar-refractivity contribution >= 4 is 40.2 Å². The SMILES string of the molecule is COc1cc(OC)c2c(=O)c(OCCCCOc3ccccc3/C=C/C(=O)/C=C/c3cccs3)c(-c3cc(OC)c(OC)c(OC)c3)oc2c1. The van der Waals surface area contributed by atoms with Gasteiger partial charge in [-0.15, -0.1) is 11.3 Å². The first-order chi connectivity index (χ1) is 24.4. The molecule has 0 bridgehead atoms. The molecule has 11 heteroatoms. The van der Waals surface area contributed by atoms with Crippen molar-refractivity contribution in [2.24, 2.45) is 0 Å². The zero-order valence-electron chi connectivity index (χ0n) is 28.5. The number of hydrogen-bond donors (Lipinski definition) is 0. The second kappa shape index (κ2) is 17.1. The molecule has 5 aromatic rings. The van der Waals surface area contributed by atoms with Crippen LogP contribution in [-0.2, 0) is 4.79 Å². The molecule has 0 saturated heterocycles. The van der Waals surface area contributed by atoms with Gasteiger partial charge in [0.2, 0.25) is 16.9 Å². The quantitative estimate of drug-likeness (QED) is 0.0698. The summed E-state index contributed by atoms with van der Waals surface area (Å²) in [6, 6.07) is 18.0. The van der Waals surface area contributed by atoms with Gasteiger partial charge in [0.15, 0.2) is 23.0 Å². The normalized spacial score (nSPS) is 11.2. The van der Waals surface area contributed by atoms with Crippen LogP contribution in [-0.4, -0.2) is 54.5 Å². The number of carbonyl (C=O) groups excluding carboxylic acids is 1. The van der Waals surface area contributed by atoms with Gasteiger partial charge in [-0.3, -0.25) is 9.59 Å². The summed E-state index contributed by atoms with van der Waals surface area (Å²) in [5.74, 6) is 2.61. The molecule has 50 heavy (non-hydrogen) atoms. The molecule has 0 aliphatic heterocycles. The number of ketones is 1. The van der Waals surface area contributed by atoms with Gasteiger partial charge in [0.25, 0.3) is 0 Å². The van der Waals surface area contributed by atoms with E-state index in [-0.39, 0.29) is 40.6 Å². The Bertz CT molecular complexity index is 2020. The number of rotatable bonds is 17. The van der Waals surface area contributed by atoms with Crippen molar-refractivity contribution in [2.75, 3.05) is 48.8 Å². The van der Waals surface area contributed by atoms with Crippen LogP contribution in [0.15, 0.2) is 87.4 Å². The molecular formula is C39H38O10S. The van der Waals surface area contributed by atoms with Crippen LogP contribution in [0.5, 0.6) is 40.2 Å². The number of para-hydroxylation sites is 1. The first-order valence-electron chi connectivity index (χ1n) is 15.7. The highest BCUT2D eigenvalue weighted by molar-refractivity contribution is 7.10. The summed E-state index contributed by atoms with van der Waals surface area (Å²) >= 11 is 1.57. The van der Waals surface area contributed by atoms with E-state index in [0.717, 1.165) is 10.4 Å². The molecule has 0 aliphatic rings. The summed E-state index contributed by atoms with van der Waals surface area (Å²) in [4.78, 5) is 27.4. The maximum absolute atomic E-state index is 14.0. The van der Waals surface area contributed by atoms with Crippen LogP contribution in [0.3, 0.4) is 0 Å². The molecule has 0 atom stereocenters. The van der Waals surface area contributed by atoms with Crippen LogP contribution in [0.4, 0.5) is 0 Å². The van der Waals surface area contributed by atoms with E-state index in [1.807, 2.05) is 41.8 Å². The predicted molar refractivity (Wildman–Crippen MR) is 195 cm³/mol. The smallest absolute Gasteiger partial charge is 0.239 e. The van der Waals surface area contributed by atoms with Crippen molar-refractivity contribution in [3.8, 4) is 51.6 Å². The van der Waals surface area contributed by atoms with Crippen LogP contribution in [0, 0.1) is 0 Å². The third-order valence-corrected chi connectivity index (χ3v) is 8.45. The maximum Gasteiger partial charge on any atom is 0.239 e. The van der Waals surface area contributed by atoms with E-state index < -0.39 is 5.43 Å². The summed E-state index contributed by atoms with van der Waals surface area (Å²) in [6.45, 7) is 0.586. The van der Waals surface area contributed by atoms with E-state index in [9.17, 15) is 9.59 Å². The van der Waals surface area contributed by atoms with E-state index in [4.69, 9.17) is 37.6 Å². The number of allylic oxidation sites excluding steroid dienone is 2. The molecule has 3 aromatic carbocycles. The van der Waals surface area contributed by atoms with Gasteiger partial charge in [-0.1, -0.05) is 24.3 Å². The fourth-order valence-corrected chi connectivity index (χ4v) is 5.76. The fourth-order valence-electron chi connectivity index (χ4n) is 5.14. The summed E-state index contributed by atoms with van der Waals surface area (Å²) in [7, 11) is 7.51. The van der Waals surface area contributed by atoms with Gasteiger partial charge in [0, 0.05) is 28.1 Å². The molecule has 0 saturated carbocycles. The van der Waals surface area contributed by atoms with E-state index in [1.165, 1.54) is 41.6 Å². The van der Waals surface area contributed by atoms with Crippen LogP contribution >= 0.6 is 11.3 Å². The van der Waals surface area contributed by atoms with Crippen molar-refractivity contribution in [3.05, 3.63) is 98.9 Å². The molecular weight excluding hydrogens is 660 g/mol. The van der Waals surface area contributed by atoms with Gasteiger partial charge in [-0.05, 0) is 66.8 Å². The number of fused-ring (bicyclic) bond motifs is 1. The van der Waals surface area contributed by atoms with Crippen molar-refractivity contribution in [1.29, 1.82) is 0 Å². The lowest BCUT2D eigenvalue weighted by atomic mass is 10.1. The molecule has 0 unspecified atom stereocenters. The van der Waals surface area contributed by atoms with Gasteiger partial charge in [-0.25, -0.2) is 0 Å². The lowest BCUT2D eigenvalue weighted by Crippen LogP contribution is -2.13. The molecule has 2 heterocycles. The molecule has 0 fully saturated rings. The average molecular weight is 699 g/mol. The second-order valence-electron chi connectivity index (χ2n) is 10.7. The number of hydrogen-bond acceptors (Lipinski definition) is 11. The molecule has 0 amide bonds. The third-order valence-electron chi connectivity index (χ3n) is 7.62. The van der Waals surface area contributed by atoms with Crippen LogP contribution in [0.25, 0.3) is 34.4 Å². The minimum atomic E-state index is -0.411. The van der Waals surface area contributed by atoms with E-state index >= 15 is 0 Å². The standard InChI is InChI=1S/C39H38O10S/c1-42-28-23-31(43-2)35-32(24-28)49-37(26-21-33(44-3)38(46-5)34(22-26)45-4)39(36(35)41)48-19-9-8-18-47-30-13-7-6-11-25(30)14-15-27(40)16-17-29-12-10-20-50-29/h6-7,10-17,20-24H,8-9,18-19H2,1-5H3/b15-14+,17-16+. The Kier molecular flexibility index (Phi) is 12.2. The monoisotopic (exact) mass is 698 g/mol. The van der Waals surface area contributed by atoms with Crippen molar-refractivity contribution < 1.29 is 42.4 Å². The number of carbonyl (C=O) groups is 1. The zero-order valence-corrected chi connectivity index (χ0v) is 29.3. The Hall–Kier alpha value is -5.68. The van der Waals surface area contributed by atoms with Gasteiger partial charge >= 0.3 is 0 Å². The second-order valence-corrected chi connectivity index (χ2v) is 11.7. The summed E-state index contributed by atoms with van der Waals surface area (Å²) in [5, 5.41) is 2.18. The van der Waals surface area contributed by atoms with Gasteiger partial charge < -0.3 is 37.6 Å². The Morgan fingerprint density at radius 3 is 2.08 bits per heavy atom. The lowest BCUT2D eigenvalue weighted by Gasteiger charge is -2.17. The number of methoxy groups -OCH3 is 5. The summed E-state index contributed by atoms with van der Waals surface area (Å²) in [5.41, 5.74) is 1.11. The summed E-state index contributed by atoms with van der Waals surface area (Å²) in [6.07, 6.45) is 7.79. The largest absolute Gasteiger partial charge is 0.496 e. The van der Waals surface area contributed by atoms with Crippen molar-refractivity contribution in [2.45, 2.75) is 12.8 Å². The number of benzene rings is 3. The Morgan fingerprint density at radius 2 is 1.42 bits per heavy atom. The zero-order chi connectivity index (χ0) is 35.5. The number of unbranched alkanes of at least 4 members (excludes halogenated alkanes) is 1. The first kappa shape index (κ1) is 35.6. The molecule has 2 aromatic heterocycles. The van der Waals surface area contributed by atoms with Crippen molar-refractivity contribution in [3.63, 3.8) is 0 Å². The minimum Gasteiger partial charge on any atom is -0.496 e. The van der Waals surface area contributed by atoms with Crippen LogP contribution < -0.4 is 38.6 Å². The lowest BCUT2D eigenvalue weighted by molar-refractivity contribution is -0.110. The molecule has 0 spiro atoms. The molecule has 10 nitrogen and oxygen atoms in total. The van der Waals surface area contributed by atoms with Gasteiger partial charge in [0.1, 0.15) is 28.2 Å². The fraction of sp³-hybridized carbons (Fsp3) is 0.231. The van der Waals surface area contributed by atoms with Crippen LogP contribution in [0.2, 0.25) is 0 Å². The molecule has 0 N–H and O–H groups in total. The third kappa shape index (κ3) is 8.30. The highest BCUT2D eigenvalue weighted by Gasteiger charge is 2.24. The Balaban J connectivity index is 1.32. The van der Waals surface area contributed by atoms with E-state index in [1.54, 1.807) is 53.8 Å². The average Bonchev–Trinajstić information content (AvgIpc) is 3.68. The highest BCUT2D eigenvalue weighted by Crippen LogP contribution is 2.44. The summed E-state index contributed by atoms with van der Waals surface area (Å²) < 4.78 is 46.1. The predicted octanol–water partition coefficient (Wildman–Crippen LogP) is 8.10. The molecule has 260 valence electrons. The maximum atomic E-state index is 14.0. The Labute approximate surface area is 294 Å².